The molecule has 3 aliphatic heterocycles. The van der Waals surface area contributed by atoms with Gasteiger partial charge < -0.3 is 4.90 Å². The molecule has 2 fully saturated rings. The van der Waals surface area contributed by atoms with Gasteiger partial charge in [-0.2, -0.15) is 5.10 Å². The van der Waals surface area contributed by atoms with Crippen LogP contribution in [0, 0.1) is 6.92 Å². The fraction of sp³-hybridized carbons (Fsp3) is 0.471. The van der Waals surface area contributed by atoms with Crippen molar-refractivity contribution in [1.29, 1.82) is 0 Å². The summed E-state index contributed by atoms with van der Waals surface area (Å²) < 4.78 is 1.89. The van der Waals surface area contributed by atoms with Gasteiger partial charge in [-0.3, -0.25) is 19.3 Å². The minimum atomic E-state index is -0.330. The van der Waals surface area contributed by atoms with E-state index in [-0.39, 0.29) is 41.4 Å². The van der Waals surface area contributed by atoms with Crippen molar-refractivity contribution in [3.63, 3.8) is 0 Å². The number of hydrogen-bond donors (Lipinski definition) is 0. The standard InChI is InChI=1S/C17H17N5O3S/c1-9-4-14-18-6-11-12-3-2-10(5-13(11)22(14)19-9)21(12)15(23)7-20-16(24)8-26-17(20)25/h4,6,10,12H,2-3,5,7-8H2,1H3/t10-,12+/m1/s1. The highest BCUT2D eigenvalue weighted by Crippen LogP contribution is 2.43. The number of fused-ring (bicyclic) bond motifs is 6. The summed E-state index contributed by atoms with van der Waals surface area (Å²) in [5, 5.41) is 4.22. The fourth-order valence-electron chi connectivity index (χ4n) is 4.33. The Morgan fingerprint density at radius 2 is 2.19 bits per heavy atom. The number of carbonyl (C=O) groups is 3. The van der Waals surface area contributed by atoms with Gasteiger partial charge in [-0.05, 0) is 19.8 Å². The fourth-order valence-corrected chi connectivity index (χ4v) is 5.06. The van der Waals surface area contributed by atoms with Crippen LogP contribution in [0.1, 0.15) is 35.8 Å². The number of nitrogens with zero attached hydrogens (tertiary/aromatic N) is 5. The average Bonchev–Trinajstić information content (AvgIpc) is 3.25. The third-order valence-corrected chi connectivity index (χ3v) is 6.31. The summed E-state index contributed by atoms with van der Waals surface area (Å²) in [7, 11) is 0. The molecule has 2 bridgehead atoms. The summed E-state index contributed by atoms with van der Waals surface area (Å²) >= 11 is 0.957. The van der Waals surface area contributed by atoms with Crippen LogP contribution in [0.25, 0.3) is 5.65 Å². The molecule has 8 nitrogen and oxygen atoms in total. The van der Waals surface area contributed by atoms with E-state index < -0.39 is 0 Å². The van der Waals surface area contributed by atoms with E-state index in [1.165, 1.54) is 0 Å². The quantitative estimate of drug-likeness (QED) is 0.791. The van der Waals surface area contributed by atoms with E-state index in [9.17, 15) is 14.4 Å². The highest BCUT2D eigenvalue weighted by Gasteiger charge is 2.45. The number of aryl methyl sites for hydroxylation is 1. The molecule has 3 aliphatic rings. The molecule has 134 valence electrons. The first kappa shape index (κ1) is 15.8. The average molecular weight is 371 g/mol. The number of rotatable bonds is 2. The molecule has 26 heavy (non-hydrogen) atoms. The summed E-state index contributed by atoms with van der Waals surface area (Å²) in [4.78, 5) is 44.0. The molecule has 2 atom stereocenters. The SMILES string of the molecule is Cc1cc2ncc3c(n2n1)C[C@H]1CC[C@@H]3N1C(=O)CN1C(=O)CSC1=O. The Morgan fingerprint density at radius 3 is 2.96 bits per heavy atom. The van der Waals surface area contributed by atoms with Gasteiger partial charge in [0.25, 0.3) is 5.24 Å². The van der Waals surface area contributed by atoms with Gasteiger partial charge in [-0.25, -0.2) is 9.50 Å². The van der Waals surface area contributed by atoms with Crippen molar-refractivity contribution < 1.29 is 14.4 Å². The van der Waals surface area contributed by atoms with Gasteiger partial charge in [0.2, 0.25) is 11.8 Å². The Labute approximate surface area is 153 Å². The molecule has 0 radical (unpaired) electrons. The molecule has 2 saturated heterocycles. The van der Waals surface area contributed by atoms with E-state index in [2.05, 4.69) is 10.1 Å². The number of amides is 3. The van der Waals surface area contributed by atoms with Gasteiger partial charge in [0.05, 0.1) is 23.2 Å². The Bertz CT molecular complexity index is 955. The molecular formula is C17H17N5O3S. The summed E-state index contributed by atoms with van der Waals surface area (Å²) in [6.45, 7) is 1.78. The molecule has 0 spiro atoms. The second kappa shape index (κ2) is 5.54. The van der Waals surface area contributed by atoms with Crippen molar-refractivity contribution in [2.45, 2.75) is 38.3 Å². The van der Waals surface area contributed by atoms with Crippen molar-refractivity contribution in [3.05, 3.63) is 29.2 Å². The molecule has 0 unspecified atom stereocenters. The Kier molecular flexibility index (Phi) is 3.37. The van der Waals surface area contributed by atoms with Crippen LogP contribution in [0.2, 0.25) is 0 Å². The highest BCUT2D eigenvalue weighted by atomic mass is 32.2. The van der Waals surface area contributed by atoms with Crippen LogP contribution in [-0.2, 0) is 16.0 Å². The number of imide groups is 1. The van der Waals surface area contributed by atoms with E-state index in [0.29, 0.717) is 6.42 Å². The van der Waals surface area contributed by atoms with E-state index in [1.807, 2.05) is 28.6 Å². The van der Waals surface area contributed by atoms with Gasteiger partial charge in [0.1, 0.15) is 6.54 Å². The van der Waals surface area contributed by atoms with Crippen molar-refractivity contribution in [2.75, 3.05) is 12.3 Å². The molecule has 2 aromatic heterocycles. The van der Waals surface area contributed by atoms with Gasteiger partial charge >= 0.3 is 0 Å². The minimum absolute atomic E-state index is 0.0573. The number of hydrogen-bond acceptors (Lipinski definition) is 6. The summed E-state index contributed by atoms with van der Waals surface area (Å²) in [6, 6.07) is 1.97. The lowest BCUT2D eigenvalue weighted by molar-refractivity contribution is -0.139. The second-order valence-electron chi connectivity index (χ2n) is 7.00. The predicted molar refractivity (Wildman–Crippen MR) is 93.6 cm³/mol. The maximum Gasteiger partial charge on any atom is 0.289 e. The zero-order valence-corrected chi connectivity index (χ0v) is 15.0. The maximum atomic E-state index is 12.9. The van der Waals surface area contributed by atoms with Gasteiger partial charge in [0.15, 0.2) is 5.65 Å². The lowest BCUT2D eigenvalue weighted by Gasteiger charge is -2.36. The topological polar surface area (TPSA) is 87.9 Å². The number of carbonyl (C=O) groups excluding carboxylic acids is 3. The van der Waals surface area contributed by atoms with Crippen LogP contribution in [0.4, 0.5) is 4.79 Å². The zero-order valence-electron chi connectivity index (χ0n) is 14.2. The molecule has 3 amide bonds. The number of thioether (sulfide) groups is 1. The molecule has 0 saturated carbocycles. The van der Waals surface area contributed by atoms with Crippen molar-refractivity contribution in [2.24, 2.45) is 0 Å². The monoisotopic (exact) mass is 371 g/mol. The first-order chi connectivity index (χ1) is 12.5. The van der Waals surface area contributed by atoms with E-state index >= 15 is 0 Å². The van der Waals surface area contributed by atoms with Crippen molar-refractivity contribution in [3.8, 4) is 0 Å². The predicted octanol–water partition coefficient (Wildman–Crippen LogP) is 1.32. The molecule has 2 aromatic rings. The summed E-state index contributed by atoms with van der Waals surface area (Å²) in [5.41, 5.74) is 3.88. The first-order valence-electron chi connectivity index (χ1n) is 8.65. The van der Waals surface area contributed by atoms with Gasteiger partial charge in [-0.15, -0.1) is 0 Å². The summed E-state index contributed by atoms with van der Waals surface area (Å²) in [6.07, 6.45) is 4.34. The van der Waals surface area contributed by atoms with Crippen LogP contribution in [0.5, 0.6) is 0 Å². The summed E-state index contributed by atoms with van der Waals surface area (Å²) in [5.74, 6) is -0.319. The third kappa shape index (κ3) is 2.19. The minimum Gasteiger partial charge on any atom is -0.331 e. The third-order valence-electron chi connectivity index (χ3n) is 5.45. The lowest BCUT2D eigenvalue weighted by Crippen LogP contribution is -2.48. The molecule has 5 heterocycles. The molecule has 0 aliphatic carbocycles. The molecule has 0 aromatic carbocycles. The van der Waals surface area contributed by atoms with Crippen LogP contribution in [0.3, 0.4) is 0 Å². The maximum absolute atomic E-state index is 12.9. The largest absolute Gasteiger partial charge is 0.331 e. The van der Waals surface area contributed by atoms with Crippen LogP contribution in [-0.4, -0.2) is 59.8 Å². The van der Waals surface area contributed by atoms with Gasteiger partial charge in [0, 0.05) is 30.3 Å². The van der Waals surface area contributed by atoms with E-state index in [1.54, 1.807) is 0 Å². The normalized spacial score (nSPS) is 24.7. The second-order valence-corrected chi connectivity index (χ2v) is 7.93. The Morgan fingerprint density at radius 1 is 1.35 bits per heavy atom. The van der Waals surface area contributed by atoms with Crippen molar-refractivity contribution >= 4 is 34.5 Å². The number of aromatic nitrogens is 3. The molecule has 5 rings (SSSR count). The van der Waals surface area contributed by atoms with Crippen LogP contribution < -0.4 is 0 Å². The lowest BCUT2D eigenvalue weighted by atomic mass is 9.99. The highest BCUT2D eigenvalue weighted by molar-refractivity contribution is 8.14. The molecular weight excluding hydrogens is 354 g/mol. The smallest absolute Gasteiger partial charge is 0.289 e. The van der Waals surface area contributed by atoms with Crippen LogP contribution >= 0.6 is 11.8 Å². The van der Waals surface area contributed by atoms with E-state index in [0.717, 1.165) is 52.1 Å². The Balaban J connectivity index is 1.48. The zero-order chi connectivity index (χ0) is 18.0. The van der Waals surface area contributed by atoms with E-state index in [4.69, 9.17) is 0 Å². The van der Waals surface area contributed by atoms with Gasteiger partial charge in [-0.1, -0.05) is 11.8 Å². The van der Waals surface area contributed by atoms with Crippen molar-refractivity contribution in [1.82, 2.24) is 24.4 Å². The van der Waals surface area contributed by atoms with Crippen LogP contribution in [0.15, 0.2) is 12.3 Å². The molecule has 0 N–H and O–H groups in total. The first-order valence-corrected chi connectivity index (χ1v) is 9.64. The Hall–Kier alpha value is -2.42. The molecule has 9 heteroatoms.